The van der Waals surface area contributed by atoms with E-state index >= 15 is 0 Å². The molecule has 0 radical (unpaired) electrons. The summed E-state index contributed by atoms with van der Waals surface area (Å²) in [5.74, 6) is -0.199. The lowest BCUT2D eigenvalue weighted by atomic mass is 9.80. The van der Waals surface area contributed by atoms with Gasteiger partial charge in [-0.05, 0) is 36.5 Å². The van der Waals surface area contributed by atoms with E-state index in [0.29, 0.717) is 37.7 Å². The number of hydrogen-bond donors (Lipinski definition) is 2. The van der Waals surface area contributed by atoms with Crippen LogP contribution in [0.3, 0.4) is 0 Å². The van der Waals surface area contributed by atoms with Crippen LogP contribution in [0.4, 0.5) is 0 Å². The molecule has 6 heteroatoms. The lowest BCUT2D eigenvalue weighted by Gasteiger charge is -2.33. The molecule has 0 aliphatic carbocycles. The molecule has 1 aliphatic heterocycles. The maximum atomic E-state index is 12.0. The molecule has 0 atom stereocenters. The van der Waals surface area contributed by atoms with Gasteiger partial charge < -0.3 is 19.9 Å². The molecule has 1 aliphatic rings. The Hall–Kier alpha value is -2.08. The van der Waals surface area contributed by atoms with E-state index in [1.165, 1.54) is 0 Å². The van der Waals surface area contributed by atoms with Crippen LogP contribution in [0.25, 0.3) is 0 Å². The molecule has 1 aromatic carbocycles. The van der Waals surface area contributed by atoms with Crippen LogP contribution in [0.15, 0.2) is 24.3 Å². The summed E-state index contributed by atoms with van der Waals surface area (Å²) in [6.07, 6.45) is 0.805. The second-order valence-electron chi connectivity index (χ2n) is 6.49. The van der Waals surface area contributed by atoms with Crippen molar-refractivity contribution < 1.29 is 24.2 Å². The van der Waals surface area contributed by atoms with Gasteiger partial charge in [-0.25, -0.2) is 0 Å². The summed E-state index contributed by atoms with van der Waals surface area (Å²) < 4.78 is 10.7. The molecule has 0 unspecified atom stereocenters. The number of rotatable bonds is 7. The van der Waals surface area contributed by atoms with Gasteiger partial charge >= 0.3 is 5.97 Å². The fraction of sp³-hybridized carbons (Fsp3) is 0.556. The summed E-state index contributed by atoms with van der Waals surface area (Å²) in [6.45, 7) is 4.95. The van der Waals surface area contributed by atoms with Gasteiger partial charge in [-0.15, -0.1) is 0 Å². The molecule has 0 saturated carbocycles. The van der Waals surface area contributed by atoms with E-state index in [2.05, 4.69) is 19.2 Å². The van der Waals surface area contributed by atoms with Gasteiger partial charge in [-0.1, -0.05) is 26.0 Å². The van der Waals surface area contributed by atoms with Crippen LogP contribution in [-0.4, -0.2) is 43.3 Å². The maximum absolute atomic E-state index is 12.0. The predicted octanol–water partition coefficient (Wildman–Crippen LogP) is 2.19. The van der Waals surface area contributed by atoms with Crippen molar-refractivity contribution in [1.29, 1.82) is 0 Å². The molecular weight excluding hydrogens is 310 g/mol. The topological polar surface area (TPSA) is 84.9 Å². The van der Waals surface area contributed by atoms with Gasteiger partial charge in [0.05, 0.1) is 5.41 Å². The molecule has 2 N–H and O–H groups in total. The van der Waals surface area contributed by atoms with Crippen LogP contribution in [0.1, 0.15) is 38.2 Å². The van der Waals surface area contributed by atoms with Gasteiger partial charge in [0.25, 0.3) is 5.91 Å². The third-order valence-corrected chi connectivity index (χ3v) is 4.42. The zero-order valence-electron chi connectivity index (χ0n) is 14.2. The Morgan fingerprint density at radius 1 is 1.33 bits per heavy atom. The normalized spacial score (nSPS) is 16.6. The average molecular weight is 335 g/mol. The monoisotopic (exact) mass is 335 g/mol. The highest BCUT2D eigenvalue weighted by molar-refractivity contribution is 5.80. The molecule has 1 heterocycles. The molecule has 0 bridgehead atoms. The number of carbonyl (C=O) groups excluding carboxylic acids is 1. The quantitative estimate of drug-likeness (QED) is 0.798. The minimum Gasteiger partial charge on any atom is -0.484 e. The molecule has 132 valence electrons. The van der Waals surface area contributed by atoms with Gasteiger partial charge in [-0.3, -0.25) is 9.59 Å². The van der Waals surface area contributed by atoms with Gasteiger partial charge in [0, 0.05) is 19.8 Å². The molecule has 2 rings (SSSR count). The number of carboxylic acid groups (broad SMARTS) is 1. The first kappa shape index (κ1) is 18.3. The van der Waals surface area contributed by atoms with Crippen molar-refractivity contribution >= 4 is 11.9 Å². The van der Waals surface area contributed by atoms with Crippen molar-refractivity contribution in [3.05, 3.63) is 29.8 Å². The molecule has 6 nitrogen and oxygen atoms in total. The van der Waals surface area contributed by atoms with E-state index in [1.54, 1.807) is 6.07 Å². The summed E-state index contributed by atoms with van der Waals surface area (Å²) in [5, 5.41) is 12.1. The van der Waals surface area contributed by atoms with Gasteiger partial charge in [0.1, 0.15) is 5.75 Å². The van der Waals surface area contributed by atoms with Crippen molar-refractivity contribution in [2.24, 2.45) is 5.41 Å². The standard InChI is InChI=1S/C18H25NO5/c1-13(2)14-4-3-5-15(10-14)24-11-16(20)19-12-18(17(21)22)6-8-23-9-7-18/h3-5,10,13H,6-9,11-12H2,1-2H3,(H,19,20)(H,21,22). The zero-order chi connectivity index (χ0) is 17.6. The highest BCUT2D eigenvalue weighted by atomic mass is 16.5. The lowest BCUT2D eigenvalue weighted by Crippen LogP contribution is -2.47. The van der Waals surface area contributed by atoms with Crippen molar-refractivity contribution in [2.75, 3.05) is 26.4 Å². The average Bonchev–Trinajstić information content (AvgIpc) is 2.59. The number of carboxylic acids is 1. The van der Waals surface area contributed by atoms with Crippen molar-refractivity contribution in [3.8, 4) is 5.75 Å². The number of carbonyl (C=O) groups is 2. The molecule has 1 saturated heterocycles. The summed E-state index contributed by atoms with van der Waals surface area (Å²) >= 11 is 0. The lowest BCUT2D eigenvalue weighted by molar-refractivity contribution is -0.154. The SMILES string of the molecule is CC(C)c1cccc(OCC(=O)NCC2(C(=O)O)CCOCC2)c1. The molecule has 0 aromatic heterocycles. The van der Waals surface area contributed by atoms with Crippen molar-refractivity contribution in [3.63, 3.8) is 0 Å². The minimum absolute atomic E-state index is 0.0971. The largest absolute Gasteiger partial charge is 0.484 e. The second-order valence-corrected chi connectivity index (χ2v) is 6.49. The van der Waals surface area contributed by atoms with E-state index < -0.39 is 11.4 Å². The second kappa shape index (κ2) is 8.15. The molecule has 0 spiro atoms. The summed E-state index contributed by atoms with van der Waals surface area (Å²) in [7, 11) is 0. The smallest absolute Gasteiger partial charge is 0.311 e. The molecule has 1 fully saturated rings. The van der Waals surface area contributed by atoms with E-state index in [0.717, 1.165) is 5.56 Å². The fourth-order valence-electron chi connectivity index (χ4n) is 2.66. The number of aliphatic carboxylic acids is 1. The van der Waals surface area contributed by atoms with Crippen LogP contribution >= 0.6 is 0 Å². The van der Waals surface area contributed by atoms with E-state index in [9.17, 15) is 14.7 Å². The minimum atomic E-state index is -0.939. The first-order chi connectivity index (χ1) is 11.4. The maximum Gasteiger partial charge on any atom is 0.311 e. The van der Waals surface area contributed by atoms with E-state index in [4.69, 9.17) is 9.47 Å². The first-order valence-electron chi connectivity index (χ1n) is 8.23. The zero-order valence-corrected chi connectivity index (χ0v) is 14.2. The third kappa shape index (κ3) is 4.71. The Labute approximate surface area is 142 Å². The number of benzene rings is 1. The van der Waals surface area contributed by atoms with Gasteiger partial charge in [-0.2, -0.15) is 0 Å². The Morgan fingerprint density at radius 3 is 2.67 bits per heavy atom. The van der Waals surface area contributed by atoms with Gasteiger partial charge in [0.2, 0.25) is 0 Å². The number of nitrogens with one attached hydrogen (secondary N) is 1. The molecular formula is C18H25NO5. The Morgan fingerprint density at radius 2 is 2.04 bits per heavy atom. The fourth-order valence-corrected chi connectivity index (χ4v) is 2.66. The molecule has 1 amide bonds. The summed E-state index contributed by atoms with van der Waals surface area (Å²) in [6, 6.07) is 7.62. The van der Waals surface area contributed by atoms with Crippen molar-refractivity contribution in [1.82, 2.24) is 5.32 Å². The Kier molecular flexibility index (Phi) is 6.20. The predicted molar refractivity (Wildman–Crippen MR) is 89.2 cm³/mol. The van der Waals surface area contributed by atoms with Crippen LogP contribution < -0.4 is 10.1 Å². The van der Waals surface area contributed by atoms with Gasteiger partial charge in [0.15, 0.2) is 6.61 Å². The number of hydrogen-bond acceptors (Lipinski definition) is 4. The first-order valence-corrected chi connectivity index (χ1v) is 8.23. The summed E-state index contributed by atoms with van der Waals surface area (Å²) in [4.78, 5) is 23.5. The third-order valence-electron chi connectivity index (χ3n) is 4.42. The van der Waals surface area contributed by atoms with E-state index in [-0.39, 0.29) is 19.1 Å². The van der Waals surface area contributed by atoms with Crippen LogP contribution in [-0.2, 0) is 14.3 Å². The number of amides is 1. The number of ether oxygens (including phenoxy) is 2. The summed E-state index contributed by atoms with van der Waals surface area (Å²) in [5.41, 5.74) is 0.200. The van der Waals surface area contributed by atoms with Crippen LogP contribution in [0.2, 0.25) is 0 Å². The Bertz CT molecular complexity index is 579. The van der Waals surface area contributed by atoms with Crippen LogP contribution in [0.5, 0.6) is 5.75 Å². The van der Waals surface area contributed by atoms with Crippen LogP contribution in [0, 0.1) is 5.41 Å². The van der Waals surface area contributed by atoms with Crippen molar-refractivity contribution in [2.45, 2.75) is 32.6 Å². The Balaban J connectivity index is 1.85. The highest BCUT2D eigenvalue weighted by Crippen LogP contribution is 2.30. The highest BCUT2D eigenvalue weighted by Gasteiger charge is 2.40. The molecule has 24 heavy (non-hydrogen) atoms. The molecule has 1 aromatic rings. The van der Waals surface area contributed by atoms with E-state index in [1.807, 2.05) is 18.2 Å².